The summed E-state index contributed by atoms with van der Waals surface area (Å²) in [6, 6.07) is 48.6. The van der Waals surface area contributed by atoms with Crippen molar-refractivity contribution < 1.29 is 4.74 Å². The first-order valence-electron chi connectivity index (χ1n) is 17.4. The minimum absolute atomic E-state index is 0.726. The van der Waals surface area contributed by atoms with Gasteiger partial charge in [-0.3, -0.25) is 4.40 Å². The van der Waals surface area contributed by atoms with Crippen molar-refractivity contribution in [3.05, 3.63) is 152 Å². The van der Waals surface area contributed by atoms with E-state index in [2.05, 4.69) is 95.4 Å². The third-order valence-corrected chi connectivity index (χ3v) is 12.6. The third kappa shape index (κ3) is 4.34. The Hall–Kier alpha value is -6.61. The molecule has 12 aromatic rings. The van der Waals surface area contributed by atoms with E-state index in [9.17, 15) is 0 Å². The van der Waals surface area contributed by atoms with Gasteiger partial charge < -0.3 is 4.74 Å². The molecule has 0 aliphatic heterocycles. The van der Waals surface area contributed by atoms with Crippen molar-refractivity contribution in [2.75, 3.05) is 0 Å². The van der Waals surface area contributed by atoms with Crippen molar-refractivity contribution in [1.29, 1.82) is 0 Å². The summed E-state index contributed by atoms with van der Waals surface area (Å²) in [6.07, 6.45) is 3.85. The van der Waals surface area contributed by atoms with E-state index in [1.54, 1.807) is 0 Å². The monoisotopic (exact) mass is 715 g/mol. The molecule has 6 heterocycles. The van der Waals surface area contributed by atoms with Gasteiger partial charge in [0.05, 0.1) is 22.4 Å². The second-order valence-electron chi connectivity index (χ2n) is 13.3. The first kappa shape index (κ1) is 29.0. The maximum Gasteiger partial charge on any atom is 0.147 e. The molecule has 0 saturated carbocycles. The van der Waals surface area contributed by atoms with Gasteiger partial charge in [-0.15, -0.1) is 22.7 Å². The van der Waals surface area contributed by atoms with E-state index < -0.39 is 0 Å². The number of pyridine rings is 2. The van der Waals surface area contributed by atoms with Gasteiger partial charge in [0, 0.05) is 75.1 Å². The van der Waals surface area contributed by atoms with E-state index in [1.807, 2.05) is 88.3 Å². The van der Waals surface area contributed by atoms with Gasteiger partial charge in [-0.05, 0) is 90.3 Å². The predicted molar refractivity (Wildman–Crippen MR) is 220 cm³/mol. The molecule has 0 atom stereocenters. The van der Waals surface area contributed by atoms with Crippen LogP contribution >= 0.6 is 22.7 Å². The highest BCUT2D eigenvalue weighted by Gasteiger charge is 2.17. The molecule has 0 unspecified atom stereocenters. The molecule has 0 bridgehead atoms. The van der Waals surface area contributed by atoms with Gasteiger partial charge >= 0.3 is 0 Å². The van der Waals surface area contributed by atoms with Crippen LogP contribution in [0.3, 0.4) is 0 Å². The predicted octanol–water partition coefficient (Wildman–Crippen LogP) is 12.6. The molecule has 53 heavy (non-hydrogen) atoms. The van der Waals surface area contributed by atoms with Crippen LogP contribution in [0.15, 0.2) is 152 Å². The van der Waals surface area contributed by atoms with Gasteiger partial charge in [0.2, 0.25) is 0 Å². The molecule has 6 aromatic carbocycles. The van der Waals surface area contributed by atoms with Crippen LogP contribution in [0, 0.1) is 0 Å². The summed E-state index contributed by atoms with van der Waals surface area (Å²) in [4.78, 5) is 9.78. The molecule has 0 saturated heterocycles. The van der Waals surface area contributed by atoms with E-state index in [-0.39, 0.29) is 0 Å². The Kier molecular flexibility index (Phi) is 5.99. The topological polar surface area (TPSA) is 57.2 Å². The molecule has 0 fully saturated rings. The summed E-state index contributed by atoms with van der Waals surface area (Å²) in [5, 5.41) is 13.5. The number of thiophene rings is 2. The number of aromatic nitrogens is 5. The zero-order chi connectivity index (χ0) is 34.6. The summed E-state index contributed by atoms with van der Waals surface area (Å²) < 4.78 is 15.9. The van der Waals surface area contributed by atoms with Crippen molar-refractivity contribution in [3.63, 3.8) is 0 Å². The number of rotatable bonds is 4. The molecular formula is C45H25N5OS2. The zero-order valence-corrected chi connectivity index (χ0v) is 29.5. The molecule has 0 aliphatic rings. The molecule has 0 radical (unpaired) electrons. The van der Waals surface area contributed by atoms with Crippen LogP contribution in [0.25, 0.3) is 95.8 Å². The summed E-state index contributed by atoms with van der Waals surface area (Å²) in [6.45, 7) is 0. The maximum atomic E-state index is 6.51. The Morgan fingerprint density at radius 1 is 0.547 bits per heavy atom. The van der Waals surface area contributed by atoms with Crippen LogP contribution < -0.4 is 4.74 Å². The van der Waals surface area contributed by atoms with Gasteiger partial charge in [0.25, 0.3) is 0 Å². The van der Waals surface area contributed by atoms with Crippen molar-refractivity contribution in [2.24, 2.45) is 0 Å². The van der Waals surface area contributed by atoms with Crippen molar-refractivity contribution in [3.8, 4) is 28.4 Å². The van der Waals surface area contributed by atoms with Crippen LogP contribution in [0.1, 0.15) is 0 Å². The largest absolute Gasteiger partial charge is 0.457 e. The molecule has 6 nitrogen and oxygen atoms in total. The Labute approximate surface area is 309 Å². The highest BCUT2D eigenvalue weighted by atomic mass is 32.1. The van der Waals surface area contributed by atoms with Gasteiger partial charge in [0.1, 0.15) is 22.8 Å². The van der Waals surface area contributed by atoms with Gasteiger partial charge in [-0.25, -0.2) is 14.6 Å². The lowest BCUT2D eigenvalue weighted by atomic mass is 10.1. The normalized spacial score (nSPS) is 12.2. The Bertz CT molecular complexity index is 3460. The Balaban J connectivity index is 0.898. The van der Waals surface area contributed by atoms with Gasteiger partial charge in [-0.1, -0.05) is 48.5 Å². The minimum atomic E-state index is 0.726. The summed E-state index contributed by atoms with van der Waals surface area (Å²) in [5.74, 6) is 1.46. The summed E-state index contributed by atoms with van der Waals surface area (Å²) >= 11 is 3.75. The second kappa shape index (κ2) is 10.9. The Morgan fingerprint density at radius 2 is 1.40 bits per heavy atom. The molecular weight excluding hydrogens is 691 g/mol. The SMILES string of the molecule is c1cc(Oc2ccc3c4cccnc4n4c5ccccc5nc4c3c2)cc(-n2ccc(-c3ccc4sc5c(ccc6sc7ccccc7c65)c4c3)n2)c1. The molecule has 0 aliphatic carbocycles. The summed E-state index contributed by atoms with van der Waals surface area (Å²) in [5.41, 5.74) is 6.65. The van der Waals surface area contributed by atoms with Crippen molar-refractivity contribution in [1.82, 2.24) is 24.1 Å². The minimum Gasteiger partial charge on any atom is -0.457 e. The number of imidazole rings is 1. The van der Waals surface area contributed by atoms with Gasteiger partial charge in [-0.2, -0.15) is 5.10 Å². The molecule has 0 spiro atoms. The van der Waals surface area contributed by atoms with Crippen LogP contribution in [-0.2, 0) is 0 Å². The fourth-order valence-corrected chi connectivity index (χ4v) is 10.3. The highest BCUT2D eigenvalue weighted by Crippen LogP contribution is 2.45. The number of para-hydroxylation sites is 2. The fourth-order valence-electron chi connectivity index (χ4n) is 7.86. The lowest BCUT2D eigenvalue weighted by molar-refractivity contribution is 0.483. The number of hydrogen-bond acceptors (Lipinski definition) is 6. The number of fused-ring (bicyclic) bond motifs is 15. The first-order chi connectivity index (χ1) is 26.2. The Morgan fingerprint density at radius 3 is 2.40 bits per heavy atom. The molecule has 0 N–H and O–H groups in total. The number of ether oxygens (including phenoxy) is 1. The first-order valence-corrected chi connectivity index (χ1v) is 19.1. The van der Waals surface area contributed by atoms with Crippen molar-refractivity contribution >= 4 is 102 Å². The highest BCUT2D eigenvalue weighted by molar-refractivity contribution is 7.29. The molecule has 248 valence electrons. The van der Waals surface area contributed by atoms with Crippen LogP contribution in [0.5, 0.6) is 11.5 Å². The third-order valence-electron chi connectivity index (χ3n) is 10.3. The quantitative estimate of drug-likeness (QED) is 0.170. The lowest BCUT2D eigenvalue weighted by Gasteiger charge is -2.11. The number of nitrogens with zero attached hydrogens (tertiary/aromatic N) is 5. The fraction of sp³-hybridized carbons (Fsp3) is 0. The van der Waals surface area contributed by atoms with E-state index >= 15 is 0 Å². The van der Waals surface area contributed by atoms with E-state index in [0.29, 0.717) is 0 Å². The second-order valence-corrected chi connectivity index (χ2v) is 15.4. The van der Waals surface area contributed by atoms with E-state index in [0.717, 1.165) is 66.9 Å². The molecule has 6 aromatic heterocycles. The van der Waals surface area contributed by atoms with E-state index in [1.165, 1.54) is 40.3 Å². The van der Waals surface area contributed by atoms with Crippen LogP contribution in [0.4, 0.5) is 0 Å². The van der Waals surface area contributed by atoms with Crippen LogP contribution in [-0.4, -0.2) is 24.1 Å². The van der Waals surface area contributed by atoms with Crippen molar-refractivity contribution in [2.45, 2.75) is 0 Å². The average molecular weight is 716 g/mol. The van der Waals surface area contributed by atoms with E-state index in [4.69, 9.17) is 19.8 Å². The van der Waals surface area contributed by atoms with Gasteiger partial charge in [0.15, 0.2) is 0 Å². The standard InChI is InChI=1S/C45H25N5OS2/c1-4-13-39-33(9-1)42-41(52-39)19-17-31-34-23-26(14-18-40(34)53-43(31)42)36-20-22-49(48-36)27-7-5-8-28(24-27)51-29-15-16-30-32-10-6-21-46-44(32)50-38-12-3-2-11-37(38)47-45(50)35(30)25-29/h1-25H. The molecule has 12 rings (SSSR count). The number of benzene rings is 6. The lowest BCUT2D eigenvalue weighted by Crippen LogP contribution is -1.96. The summed E-state index contributed by atoms with van der Waals surface area (Å²) in [7, 11) is 0. The maximum absolute atomic E-state index is 6.51. The molecule has 8 heteroatoms. The van der Waals surface area contributed by atoms with Crippen LogP contribution in [0.2, 0.25) is 0 Å². The number of hydrogen-bond donors (Lipinski definition) is 0. The smallest absolute Gasteiger partial charge is 0.147 e. The average Bonchev–Trinajstić information content (AvgIpc) is 4.00. The zero-order valence-electron chi connectivity index (χ0n) is 27.9. The molecule has 0 amide bonds.